The first-order valence-corrected chi connectivity index (χ1v) is 7.60. The van der Waals surface area contributed by atoms with Gasteiger partial charge in [-0.3, -0.25) is 9.80 Å². The van der Waals surface area contributed by atoms with Gasteiger partial charge in [0, 0.05) is 45.9 Å². The fourth-order valence-corrected chi connectivity index (χ4v) is 3.05. The molecule has 2 aliphatic heterocycles. The Bertz CT molecular complexity index is 409. The van der Waals surface area contributed by atoms with E-state index in [1.807, 2.05) is 12.1 Å². The van der Waals surface area contributed by atoms with E-state index in [1.165, 1.54) is 18.4 Å². The molecule has 3 nitrogen and oxygen atoms in total. The third-order valence-electron chi connectivity index (χ3n) is 4.27. The van der Waals surface area contributed by atoms with Crippen LogP contribution in [0.3, 0.4) is 0 Å². The van der Waals surface area contributed by atoms with Crippen molar-refractivity contribution >= 4 is 0 Å². The van der Waals surface area contributed by atoms with Gasteiger partial charge in [-0.25, -0.2) is 4.39 Å². The maximum absolute atomic E-state index is 12.9. The van der Waals surface area contributed by atoms with Crippen molar-refractivity contribution < 1.29 is 9.13 Å². The van der Waals surface area contributed by atoms with Gasteiger partial charge in [0.05, 0.1) is 6.10 Å². The summed E-state index contributed by atoms with van der Waals surface area (Å²) in [6, 6.07) is 6.86. The van der Waals surface area contributed by atoms with Crippen LogP contribution in [-0.2, 0) is 11.3 Å². The Morgan fingerprint density at radius 1 is 1.05 bits per heavy atom. The molecule has 2 saturated heterocycles. The predicted molar refractivity (Wildman–Crippen MR) is 77.1 cm³/mol. The highest BCUT2D eigenvalue weighted by molar-refractivity contribution is 5.15. The van der Waals surface area contributed by atoms with E-state index >= 15 is 0 Å². The highest BCUT2D eigenvalue weighted by Crippen LogP contribution is 2.15. The molecule has 2 heterocycles. The minimum Gasteiger partial charge on any atom is -0.377 e. The summed E-state index contributed by atoms with van der Waals surface area (Å²) in [7, 11) is 0. The lowest BCUT2D eigenvalue weighted by molar-refractivity contribution is 0.0489. The monoisotopic (exact) mass is 277 g/mol. The molecule has 0 aliphatic carbocycles. The normalized spacial score (nSPS) is 25.1. The molecule has 1 atom stereocenters. The van der Waals surface area contributed by atoms with Gasteiger partial charge in [0.1, 0.15) is 5.82 Å². The van der Waals surface area contributed by atoms with Gasteiger partial charge in [0.25, 0.3) is 0 Å². The highest BCUT2D eigenvalue weighted by atomic mass is 18.2. The van der Waals surface area contributed by atoms with Gasteiger partial charge in [0.2, 0.25) is 0 Å². The summed E-state index contributed by atoms with van der Waals surface area (Å²) in [5.41, 5.74) is 1.19. The van der Waals surface area contributed by atoms with E-state index in [9.17, 15) is 4.39 Å². The van der Waals surface area contributed by atoms with Crippen LogP contribution in [0.1, 0.15) is 18.4 Å². The van der Waals surface area contributed by atoms with E-state index in [-0.39, 0.29) is 5.82 Å². The van der Waals surface area contributed by atoms with E-state index in [0.29, 0.717) is 6.10 Å². The second kappa shape index (κ2) is 6.66. The lowest BCUT2D eigenvalue weighted by Crippen LogP contribution is -2.48. The first-order chi connectivity index (χ1) is 9.79. The molecule has 0 saturated carbocycles. The van der Waals surface area contributed by atoms with Crippen molar-refractivity contribution in [3.05, 3.63) is 35.6 Å². The molecular formula is C16H23FN2O. The fourth-order valence-electron chi connectivity index (χ4n) is 3.05. The van der Waals surface area contributed by atoms with Gasteiger partial charge >= 0.3 is 0 Å². The Hall–Kier alpha value is -0.970. The molecule has 110 valence electrons. The summed E-state index contributed by atoms with van der Waals surface area (Å²) in [4.78, 5) is 4.95. The molecule has 20 heavy (non-hydrogen) atoms. The van der Waals surface area contributed by atoms with Crippen LogP contribution in [-0.4, -0.2) is 55.2 Å². The van der Waals surface area contributed by atoms with Gasteiger partial charge in [-0.15, -0.1) is 0 Å². The number of hydrogen-bond donors (Lipinski definition) is 0. The zero-order valence-corrected chi connectivity index (χ0v) is 11.9. The van der Waals surface area contributed by atoms with Crippen LogP contribution in [0.2, 0.25) is 0 Å². The van der Waals surface area contributed by atoms with Crippen molar-refractivity contribution in [1.82, 2.24) is 9.80 Å². The average molecular weight is 277 g/mol. The van der Waals surface area contributed by atoms with Crippen molar-refractivity contribution in [3.63, 3.8) is 0 Å². The van der Waals surface area contributed by atoms with Crippen LogP contribution < -0.4 is 0 Å². The molecule has 0 spiro atoms. The summed E-state index contributed by atoms with van der Waals surface area (Å²) >= 11 is 0. The molecule has 3 rings (SSSR count). The van der Waals surface area contributed by atoms with Crippen LogP contribution in [0.4, 0.5) is 4.39 Å². The van der Waals surface area contributed by atoms with Crippen molar-refractivity contribution in [2.24, 2.45) is 0 Å². The zero-order valence-electron chi connectivity index (χ0n) is 11.9. The lowest BCUT2D eigenvalue weighted by atomic mass is 10.2. The third-order valence-corrected chi connectivity index (χ3v) is 4.27. The smallest absolute Gasteiger partial charge is 0.123 e. The molecule has 1 aromatic rings. The summed E-state index contributed by atoms with van der Waals surface area (Å²) in [6.45, 7) is 7.35. The second-order valence-electron chi connectivity index (χ2n) is 5.84. The largest absolute Gasteiger partial charge is 0.377 e. The maximum atomic E-state index is 12.9. The quantitative estimate of drug-likeness (QED) is 0.838. The Balaban J connectivity index is 1.42. The molecule has 2 fully saturated rings. The maximum Gasteiger partial charge on any atom is 0.123 e. The van der Waals surface area contributed by atoms with Crippen molar-refractivity contribution in [2.45, 2.75) is 25.5 Å². The van der Waals surface area contributed by atoms with Crippen molar-refractivity contribution in [2.75, 3.05) is 39.3 Å². The van der Waals surface area contributed by atoms with Crippen LogP contribution in [0.15, 0.2) is 24.3 Å². The molecule has 1 aromatic carbocycles. The van der Waals surface area contributed by atoms with E-state index in [2.05, 4.69) is 9.80 Å². The Morgan fingerprint density at radius 2 is 1.75 bits per heavy atom. The minimum atomic E-state index is -0.157. The number of ether oxygens (including phenoxy) is 1. The summed E-state index contributed by atoms with van der Waals surface area (Å²) in [6.07, 6.45) is 2.89. The fraction of sp³-hybridized carbons (Fsp3) is 0.625. The van der Waals surface area contributed by atoms with E-state index in [1.54, 1.807) is 12.1 Å². The first-order valence-electron chi connectivity index (χ1n) is 7.60. The van der Waals surface area contributed by atoms with E-state index in [4.69, 9.17) is 4.74 Å². The van der Waals surface area contributed by atoms with Gasteiger partial charge in [-0.05, 0) is 30.5 Å². The summed E-state index contributed by atoms with van der Waals surface area (Å²) in [5, 5.41) is 0. The number of halogens is 1. The van der Waals surface area contributed by atoms with Crippen molar-refractivity contribution in [1.29, 1.82) is 0 Å². The number of benzene rings is 1. The molecule has 2 aliphatic rings. The summed E-state index contributed by atoms with van der Waals surface area (Å²) in [5.74, 6) is -0.157. The highest BCUT2D eigenvalue weighted by Gasteiger charge is 2.22. The van der Waals surface area contributed by atoms with Gasteiger partial charge in [-0.2, -0.15) is 0 Å². The second-order valence-corrected chi connectivity index (χ2v) is 5.84. The van der Waals surface area contributed by atoms with Gasteiger partial charge in [-0.1, -0.05) is 12.1 Å². The van der Waals surface area contributed by atoms with Crippen LogP contribution in [0, 0.1) is 5.82 Å². The average Bonchev–Trinajstić information content (AvgIpc) is 2.96. The van der Waals surface area contributed by atoms with Crippen molar-refractivity contribution in [3.8, 4) is 0 Å². The number of hydrogen-bond acceptors (Lipinski definition) is 3. The van der Waals surface area contributed by atoms with E-state index < -0.39 is 0 Å². The topological polar surface area (TPSA) is 15.7 Å². The molecule has 0 aromatic heterocycles. The Labute approximate surface area is 120 Å². The number of piperazine rings is 1. The predicted octanol–water partition coefficient (Wildman–Crippen LogP) is 2.12. The molecule has 1 unspecified atom stereocenters. The number of nitrogens with zero attached hydrogens (tertiary/aromatic N) is 2. The van der Waals surface area contributed by atoms with Crippen LogP contribution in [0.25, 0.3) is 0 Å². The Kier molecular flexibility index (Phi) is 4.65. The SMILES string of the molecule is [18F]c1ccc(CN2CCN(CC3CCCO3)CC2)cc1. The molecular weight excluding hydrogens is 254 g/mol. The molecule has 0 N–H and O–H groups in total. The van der Waals surface area contributed by atoms with Gasteiger partial charge in [0.15, 0.2) is 0 Å². The standard InChI is InChI=1S/C16H23FN2O/c17-15-5-3-14(4-6-15)12-18-7-9-19(10-8-18)13-16-2-1-11-20-16/h3-6,16H,1-2,7-13H2/i17-1. The summed E-state index contributed by atoms with van der Waals surface area (Å²) < 4.78 is 18.6. The first kappa shape index (κ1) is 14.0. The van der Waals surface area contributed by atoms with Gasteiger partial charge < -0.3 is 4.74 Å². The lowest BCUT2D eigenvalue weighted by Gasteiger charge is -2.35. The van der Waals surface area contributed by atoms with Crippen LogP contribution >= 0.6 is 0 Å². The molecule has 4 heteroatoms. The molecule has 0 amide bonds. The molecule has 0 radical (unpaired) electrons. The minimum absolute atomic E-state index is 0.157. The van der Waals surface area contributed by atoms with Crippen LogP contribution in [0.5, 0.6) is 0 Å². The number of rotatable bonds is 4. The Morgan fingerprint density at radius 3 is 2.40 bits per heavy atom. The molecule has 0 bridgehead atoms. The van der Waals surface area contributed by atoms with E-state index in [0.717, 1.165) is 45.9 Å². The third kappa shape index (κ3) is 3.78. The zero-order chi connectivity index (χ0) is 13.8.